The fourth-order valence-corrected chi connectivity index (χ4v) is 2.93. The summed E-state index contributed by atoms with van der Waals surface area (Å²) < 4.78 is 5.58. The second kappa shape index (κ2) is 7.30. The fraction of sp³-hybridized carbons (Fsp3) is 0.625. The average Bonchev–Trinajstić information content (AvgIpc) is 2.44. The predicted molar refractivity (Wildman–Crippen MR) is 85.8 cm³/mol. The Morgan fingerprint density at radius 3 is 2.95 bits per heavy atom. The number of rotatable bonds is 5. The van der Waals surface area contributed by atoms with E-state index in [1.807, 2.05) is 0 Å². The smallest absolute Gasteiger partial charge is 0.0722 e. The summed E-state index contributed by atoms with van der Waals surface area (Å²) in [6, 6.07) is 6.69. The van der Waals surface area contributed by atoms with E-state index in [9.17, 15) is 0 Å². The molecular formula is C16H25ClN2O. The van der Waals surface area contributed by atoms with Gasteiger partial charge in [0.2, 0.25) is 0 Å². The van der Waals surface area contributed by atoms with Crippen LogP contribution < -0.4 is 10.2 Å². The molecule has 2 atom stereocenters. The highest BCUT2D eigenvalue weighted by atomic mass is 35.5. The van der Waals surface area contributed by atoms with Crippen molar-refractivity contribution >= 4 is 17.3 Å². The first-order valence-corrected chi connectivity index (χ1v) is 7.89. The lowest BCUT2D eigenvalue weighted by atomic mass is 10.1. The molecule has 0 saturated carbocycles. The maximum atomic E-state index is 6.46. The third kappa shape index (κ3) is 3.87. The van der Waals surface area contributed by atoms with Crippen LogP contribution >= 0.6 is 11.6 Å². The van der Waals surface area contributed by atoms with E-state index >= 15 is 0 Å². The Bertz CT molecular complexity index is 438. The van der Waals surface area contributed by atoms with E-state index in [2.05, 4.69) is 49.2 Å². The lowest BCUT2D eigenvalue weighted by Gasteiger charge is -2.33. The number of ether oxygens (including phenoxy) is 1. The number of anilines is 1. The molecule has 1 fully saturated rings. The fourth-order valence-electron chi connectivity index (χ4n) is 2.59. The normalized spacial score (nSPS) is 21.0. The van der Waals surface area contributed by atoms with Crippen LogP contribution in [-0.2, 0) is 4.74 Å². The third-order valence-corrected chi connectivity index (χ3v) is 4.08. The maximum Gasteiger partial charge on any atom is 0.0722 e. The van der Waals surface area contributed by atoms with Crippen LogP contribution in [0.5, 0.6) is 0 Å². The summed E-state index contributed by atoms with van der Waals surface area (Å²) in [5.41, 5.74) is 2.36. The highest BCUT2D eigenvalue weighted by Crippen LogP contribution is 2.28. The number of nitrogens with zero attached hydrogens (tertiary/aromatic N) is 1. The molecule has 0 amide bonds. The van der Waals surface area contributed by atoms with Gasteiger partial charge in [-0.2, -0.15) is 0 Å². The van der Waals surface area contributed by atoms with Crippen molar-refractivity contribution < 1.29 is 4.74 Å². The molecule has 1 N–H and O–H groups in total. The maximum absolute atomic E-state index is 6.46. The number of morpholine rings is 1. The lowest BCUT2D eigenvalue weighted by Crippen LogP contribution is -2.41. The average molecular weight is 297 g/mol. The highest BCUT2D eigenvalue weighted by Gasteiger charge is 2.18. The molecule has 0 spiro atoms. The second-order valence-corrected chi connectivity index (χ2v) is 5.92. The molecule has 20 heavy (non-hydrogen) atoms. The summed E-state index contributed by atoms with van der Waals surface area (Å²) in [6.07, 6.45) is 1.42. The van der Waals surface area contributed by atoms with Crippen LogP contribution in [0.15, 0.2) is 18.2 Å². The Kier molecular flexibility index (Phi) is 5.70. The van der Waals surface area contributed by atoms with Crippen LogP contribution in [0.2, 0.25) is 5.02 Å². The van der Waals surface area contributed by atoms with Crippen LogP contribution in [0.25, 0.3) is 0 Å². The Balaban J connectivity index is 2.08. The molecule has 0 aromatic heterocycles. The van der Waals surface area contributed by atoms with Crippen LogP contribution in [-0.4, -0.2) is 32.3 Å². The molecule has 112 valence electrons. The Hall–Kier alpha value is -0.770. The van der Waals surface area contributed by atoms with Gasteiger partial charge in [0.05, 0.1) is 12.7 Å². The number of hydrogen-bond donors (Lipinski definition) is 1. The number of hydrogen-bond acceptors (Lipinski definition) is 3. The van der Waals surface area contributed by atoms with Crippen molar-refractivity contribution in [2.75, 3.05) is 31.1 Å². The molecule has 1 heterocycles. The molecule has 0 bridgehead atoms. The first kappa shape index (κ1) is 15.6. The first-order chi connectivity index (χ1) is 9.61. The van der Waals surface area contributed by atoms with E-state index in [0.717, 1.165) is 37.7 Å². The molecule has 2 rings (SSSR count). The van der Waals surface area contributed by atoms with Gasteiger partial charge >= 0.3 is 0 Å². The predicted octanol–water partition coefficient (Wildman–Crippen LogP) is 3.63. The molecule has 0 aliphatic carbocycles. The van der Waals surface area contributed by atoms with Gasteiger partial charge in [-0.3, -0.25) is 0 Å². The van der Waals surface area contributed by atoms with E-state index in [0.29, 0.717) is 6.04 Å². The van der Waals surface area contributed by atoms with E-state index in [1.165, 1.54) is 11.3 Å². The van der Waals surface area contributed by atoms with Gasteiger partial charge in [-0.1, -0.05) is 24.6 Å². The SMILES string of the molecule is CCCNC(C)c1ccc(N2CCOC(C)C2)cc1Cl. The molecule has 1 saturated heterocycles. The molecule has 2 unspecified atom stereocenters. The summed E-state index contributed by atoms with van der Waals surface area (Å²) >= 11 is 6.46. The number of nitrogens with one attached hydrogen (secondary N) is 1. The molecule has 1 aromatic carbocycles. The van der Waals surface area contributed by atoms with Gasteiger partial charge in [0.1, 0.15) is 0 Å². The first-order valence-electron chi connectivity index (χ1n) is 7.51. The quantitative estimate of drug-likeness (QED) is 0.898. The molecule has 1 aromatic rings. The minimum atomic E-state index is 0.285. The van der Waals surface area contributed by atoms with Crippen molar-refractivity contribution in [1.29, 1.82) is 0 Å². The van der Waals surface area contributed by atoms with E-state index in [-0.39, 0.29) is 6.10 Å². The summed E-state index contributed by atoms with van der Waals surface area (Å²) in [7, 11) is 0. The molecule has 1 aliphatic heterocycles. The zero-order valence-electron chi connectivity index (χ0n) is 12.7. The largest absolute Gasteiger partial charge is 0.375 e. The standard InChI is InChI=1S/C16H25ClN2O/c1-4-7-18-13(3)15-6-5-14(10-16(15)17)19-8-9-20-12(2)11-19/h5-6,10,12-13,18H,4,7-9,11H2,1-3H3. The Labute approximate surface area is 127 Å². The van der Waals surface area contributed by atoms with Crippen LogP contribution in [0.3, 0.4) is 0 Å². The van der Waals surface area contributed by atoms with Gasteiger partial charge in [0, 0.05) is 29.8 Å². The second-order valence-electron chi connectivity index (χ2n) is 5.51. The monoisotopic (exact) mass is 296 g/mol. The molecular weight excluding hydrogens is 272 g/mol. The van der Waals surface area contributed by atoms with Crippen molar-refractivity contribution in [2.24, 2.45) is 0 Å². The van der Waals surface area contributed by atoms with Gasteiger partial charge in [0.25, 0.3) is 0 Å². The Morgan fingerprint density at radius 1 is 1.50 bits per heavy atom. The van der Waals surface area contributed by atoms with Crippen molar-refractivity contribution in [3.8, 4) is 0 Å². The lowest BCUT2D eigenvalue weighted by molar-refractivity contribution is 0.0532. The zero-order valence-corrected chi connectivity index (χ0v) is 13.4. The third-order valence-electron chi connectivity index (χ3n) is 3.76. The van der Waals surface area contributed by atoms with Crippen LogP contribution in [0, 0.1) is 0 Å². The molecule has 4 heteroatoms. The highest BCUT2D eigenvalue weighted by molar-refractivity contribution is 6.31. The van der Waals surface area contributed by atoms with E-state index in [1.54, 1.807) is 0 Å². The van der Waals surface area contributed by atoms with Gasteiger partial charge in [0.15, 0.2) is 0 Å². The molecule has 3 nitrogen and oxygen atoms in total. The van der Waals surface area contributed by atoms with E-state index in [4.69, 9.17) is 16.3 Å². The van der Waals surface area contributed by atoms with Gasteiger partial charge in [-0.05, 0) is 44.5 Å². The van der Waals surface area contributed by atoms with Crippen molar-refractivity contribution in [1.82, 2.24) is 5.32 Å². The zero-order chi connectivity index (χ0) is 14.5. The van der Waals surface area contributed by atoms with Crippen LogP contribution in [0.1, 0.15) is 38.8 Å². The van der Waals surface area contributed by atoms with Crippen molar-refractivity contribution in [3.05, 3.63) is 28.8 Å². The topological polar surface area (TPSA) is 24.5 Å². The number of benzene rings is 1. The van der Waals surface area contributed by atoms with Gasteiger partial charge in [-0.15, -0.1) is 0 Å². The van der Waals surface area contributed by atoms with E-state index < -0.39 is 0 Å². The minimum absolute atomic E-state index is 0.285. The summed E-state index contributed by atoms with van der Waals surface area (Å²) in [6.45, 7) is 10.1. The summed E-state index contributed by atoms with van der Waals surface area (Å²) in [4.78, 5) is 2.34. The number of halogens is 1. The molecule has 1 aliphatic rings. The molecule has 0 radical (unpaired) electrons. The van der Waals surface area contributed by atoms with Gasteiger partial charge in [-0.25, -0.2) is 0 Å². The van der Waals surface area contributed by atoms with Gasteiger partial charge < -0.3 is 15.0 Å². The minimum Gasteiger partial charge on any atom is -0.375 e. The summed E-state index contributed by atoms with van der Waals surface area (Å²) in [5, 5.41) is 4.32. The Morgan fingerprint density at radius 2 is 2.30 bits per heavy atom. The van der Waals surface area contributed by atoms with Crippen molar-refractivity contribution in [3.63, 3.8) is 0 Å². The van der Waals surface area contributed by atoms with Crippen LogP contribution in [0.4, 0.5) is 5.69 Å². The summed E-state index contributed by atoms with van der Waals surface area (Å²) in [5.74, 6) is 0. The van der Waals surface area contributed by atoms with Crippen molar-refractivity contribution in [2.45, 2.75) is 39.3 Å².